The van der Waals surface area contributed by atoms with Crippen molar-refractivity contribution in [1.82, 2.24) is 14.1 Å². The van der Waals surface area contributed by atoms with E-state index in [0.29, 0.717) is 37.0 Å². The van der Waals surface area contributed by atoms with Crippen molar-refractivity contribution in [1.29, 1.82) is 0 Å². The Labute approximate surface area is 185 Å². The van der Waals surface area contributed by atoms with E-state index in [2.05, 4.69) is 11.8 Å². The molecule has 2 fully saturated rings. The highest BCUT2D eigenvalue weighted by Gasteiger charge is 2.28. The maximum Gasteiger partial charge on any atom is 0.253 e. The minimum absolute atomic E-state index is 0.123. The summed E-state index contributed by atoms with van der Waals surface area (Å²) in [5.74, 6) is 0.694. The Balaban J connectivity index is 1.31. The summed E-state index contributed by atoms with van der Waals surface area (Å²) in [6.45, 7) is 7.01. The normalized spacial score (nSPS) is 21.2. The Hall–Kier alpha value is -2.22. The first-order valence-electron chi connectivity index (χ1n) is 11.1. The molecule has 0 aliphatic carbocycles. The number of amides is 1. The predicted molar refractivity (Wildman–Crippen MR) is 121 cm³/mol. The van der Waals surface area contributed by atoms with Crippen LogP contribution in [0.4, 0.5) is 0 Å². The summed E-state index contributed by atoms with van der Waals surface area (Å²) in [5, 5.41) is 0. The van der Waals surface area contributed by atoms with Gasteiger partial charge < -0.3 is 4.90 Å². The fraction of sp³-hybridized carbons (Fsp3) is 0.458. The van der Waals surface area contributed by atoms with Gasteiger partial charge in [-0.3, -0.25) is 9.69 Å². The minimum Gasteiger partial charge on any atom is -0.338 e. The van der Waals surface area contributed by atoms with E-state index >= 15 is 0 Å². The van der Waals surface area contributed by atoms with Crippen molar-refractivity contribution >= 4 is 15.9 Å². The molecule has 2 heterocycles. The zero-order valence-corrected chi connectivity index (χ0v) is 18.9. The Morgan fingerprint density at radius 2 is 1.61 bits per heavy atom. The van der Waals surface area contributed by atoms with Crippen LogP contribution in [0, 0.1) is 5.92 Å². The fourth-order valence-electron chi connectivity index (χ4n) is 4.44. The smallest absolute Gasteiger partial charge is 0.253 e. The second-order valence-electron chi connectivity index (χ2n) is 8.69. The number of carbonyl (C=O) groups is 1. The second kappa shape index (κ2) is 9.51. The van der Waals surface area contributed by atoms with Crippen LogP contribution in [-0.2, 0) is 16.6 Å². The molecule has 2 aliphatic rings. The van der Waals surface area contributed by atoms with Crippen LogP contribution >= 0.6 is 0 Å². The first-order chi connectivity index (χ1) is 14.9. The van der Waals surface area contributed by atoms with Gasteiger partial charge in [0.15, 0.2) is 0 Å². The lowest BCUT2D eigenvalue weighted by atomic mass is 9.99. The number of piperidine rings is 1. The van der Waals surface area contributed by atoms with Gasteiger partial charge in [0.1, 0.15) is 0 Å². The van der Waals surface area contributed by atoms with E-state index in [4.69, 9.17) is 0 Å². The summed E-state index contributed by atoms with van der Waals surface area (Å²) in [6, 6.07) is 16.5. The summed E-state index contributed by atoms with van der Waals surface area (Å²) in [5.41, 5.74) is 1.89. The summed E-state index contributed by atoms with van der Waals surface area (Å²) >= 11 is 0. The molecule has 1 atom stereocenters. The van der Waals surface area contributed by atoms with E-state index in [0.717, 1.165) is 37.2 Å². The lowest BCUT2D eigenvalue weighted by Gasteiger charge is -2.34. The molecule has 1 amide bonds. The van der Waals surface area contributed by atoms with Crippen LogP contribution in [0.1, 0.15) is 35.7 Å². The van der Waals surface area contributed by atoms with Gasteiger partial charge in [-0.1, -0.05) is 37.3 Å². The maximum absolute atomic E-state index is 12.8. The molecular weight excluding hydrogens is 410 g/mol. The fourth-order valence-corrected chi connectivity index (χ4v) is 5.88. The SMILES string of the molecule is CC1CCCN(C(=O)c2ccc(CN3CCN(S(=O)(=O)c4ccccc4)CC3)cc2)C1. The molecule has 2 saturated heterocycles. The molecule has 1 unspecified atom stereocenters. The van der Waals surface area contributed by atoms with Crippen molar-refractivity contribution in [2.24, 2.45) is 5.92 Å². The number of hydrogen-bond donors (Lipinski definition) is 0. The van der Waals surface area contributed by atoms with Gasteiger partial charge in [0.25, 0.3) is 5.91 Å². The summed E-state index contributed by atoms with van der Waals surface area (Å²) in [6.07, 6.45) is 2.28. The van der Waals surface area contributed by atoms with Gasteiger partial charge in [-0.05, 0) is 48.6 Å². The highest BCUT2D eigenvalue weighted by Crippen LogP contribution is 2.20. The van der Waals surface area contributed by atoms with E-state index in [-0.39, 0.29) is 5.91 Å². The lowest BCUT2D eigenvalue weighted by molar-refractivity contribution is 0.0683. The molecule has 0 saturated carbocycles. The molecule has 2 aliphatic heterocycles. The van der Waals surface area contributed by atoms with Crippen LogP contribution in [0.5, 0.6) is 0 Å². The van der Waals surface area contributed by atoms with E-state index in [1.807, 2.05) is 35.2 Å². The van der Waals surface area contributed by atoms with Gasteiger partial charge in [0.05, 0.1) is 4.90 Å². The van der Waals surface area contributed by atoms with Crippen LogP contribution in [0.3, 0.4) is 0 Å². The molecule has 0 bridgehead atoms. The Morgan fingerprint density at radius 3 is 2.26 bits per heavy atom. The number of sulfonamides is 1. The van der Waals surface area contributed by atoms with Crippen LogP contribution in [0.2, 0.25) is 0 Å². The van der Waals surface area contributed by atoms with E-state index in [9.17, 15) is 13.2 Å². The monoisotopic (exact) mass is 441 g/mol. The van der Waals surface area contributed by atoms with Crippen LogP contribution in [0.25, 0.3) is 0 Å². The van der Waals surface area contributed by atoms with Crippen molar-refractivity contribution in [3.8, 4) is 0 Å². The maximum atomic E-state index is 12.8. The number of hydrogen-bond acceptors (Lipinski definition) is 4. The van der Waals surface area contributed by atoms with Gasteiger partial charge in [-0.25, -0.2) is 8.42 Å². The predicted octanol–water partition coefficient (Wildman–Crippen LogP) is 3.07. The van der Waals surface area contributed by atoms with Crippen molar-refractivity contribution in [3.05, 3.63) is 65.7 Å². The number of likely N-dealkylation sites (tertiary alicyclic amines) is 1. The Morgan fingerprint density at radius 1 is 0.935 bits per heavy atom. The molecule has 2 aromatic carbocycles. The Bertz CT molecular complexity index is 984. The van der Waals surface area contributed by atoms with Crippen LogP contribution in [-0.4, -0.2) is 67.7 Å². The molecular formula is C24H31N3O3S. The van der Waals surface area contributed by atoms with Gasteiger partial charge in [-0.2, -0.15) is 4.31 Å². The molecule has 0 aromatic heterocycles. The first kappa shape index (κ1) is 22.0. The van der Waals surface area contributed by atoms with E-state index in [1.54, 1.807) is 28.6 Å². The van der Waals surface area contributed by atoms with Crippen LogP contribution in [0.15, 0.2) is 59.5 Å². The molecule has 0 N–H and O–H groups in total. The molecule has 31 heavy (non-hydrogen) atoms. The molecule has 0 radical (unpaired) electrons. The number of benzene rings is 2. The lowest BCUT2D eigenvalue weighted by Crippen LogP contribution is -2.48. The molecule has 7 heteroatoms. The molecule has 0 spiro atoms. The number of carbonyl (C=O) groups excluding carboxylic acids is 1. The number of nitrogens with zero attached hydrogens (tertiary/aromatic N) is 3. The van der Waals surface area contributed by atoms with Gasteiger partial charge in [0, 0.05) is 51.4 Å². The molecule has 166 valence electrons. The Kier molecular flexibility index (Phi) is 6.74. The molecule has 4 rings (SSSR count). The van der Waals surface area contributed by atoms with Crippen molar-refractivity contribution in [2.75, 3.05) is 39.3 Å². The standard InChI is InChI=1S/C24H31N3O3S/c1-20-6-5-13-26(18-20)24(28)22-11-9-21(10-12-22)19-25-14-16-27(17-15-25)31(29,30)23-7-3-2-4-8-23/h2-4,7-12,20H,5-6,13-19H2,1H3. The highest BCUT2D eigenvalue weighted by molar-refractivity contribution is 7.89. The quantitative estimate of drug-likeness (QED) is 0.716. The number of rotatable bonds is 5. The topological polar surface area (TPSA) is 60.9 Å². The van der Waals surface area contributed by atoms with Gasteiger partial charge >= 0.3 is 0 Å². The third-order valence-corrected chi connectivity index (χ3v) is 8.18. The third kappa shape index (κ3) is 5.17. The highest BCUT2D eigenvalue weighted by atomic mass is 32.2. The summed E-state index contributed by atoms with van der Waals surface area (Å²) in [4.78, 5) is 17.3. The average molecular weight is 442 g/mol. The number of piperazine rings is 1. The average Bonchev–Trinajstić information content (AvgIpc) is 2.80. The van der Waals surface area contributed by atoms with Crippen LogP contribution < -0.4 is 0 Å². The van der Waals surface area contributed by atoms with Crippen molar-refractivity contribution in [3.63, 3.8) is 0 Å². The van der Waals surface area contributed by atoms with E-state index < -0.39 is 10.0 Å². The largest absolute Gasteiger partial charge is 0.338 e. The zero-order valence-electron chi connectivity index (χ0n) is 18.1. The minimum atomic E-state index is -3.42. The van der Waals surface area contributed by atoms with Crippen molar-refractivity contribution < 1.29 is 13.2 Å². The molecule has 2 aromatic rings. The third-order valence-electron chi connectivity index (χ3n) is 6.26. The second-order valence-corrected chi connectivity index (χ2v) is 10.6. The molecule has 6 nitrogen and oxygen atoms in total. The zero-order chi connectivity index (χ0) is 21.8. The summed E-state index contributed by atoms with van der Waals surface area (Å²) < 4.78 is 27.1. The van der Waals surface area contributed by atoms with Gasteiger partial charge in [-0.15, -0.1) is 0 Å². The van der Waals surface area contributed by atoms with Gasteiger partial charge in [0.2, 0.25) is 10.0 Å². The summed E-state index contributed by atoms with van der Waals surface area (Å²) in [7, 11) is -3.42. The first-order valence-corrected chi connectivity index (χ1v) is 12.5. The van der Waals surface area contributed by atoms with E-state index in [1.165, 1.54) is 6.42 Å². The van der Waals surface area contributed by atoms with Crippen molar-refractivity contribution in [2.45, 2.75) is 31.2 Å².